The van der Waals surface area contributed by atoms with Crippen LogP contribution >= 0.6 is 22.6 Å². The second-order valence-corrected chi connectivity index (χ2v) is 5.72. The molecule has 0 atom stereocenters. The SMILES string of the molecule is CNCCc1ccccc1C(=O)Nc1ccc(I)cc1. The fraction of sp³-hybridized carbons (Fsp3) is 0.188. The summed E-state index contributed by atoms with van der Waals surface area (Å²) in [6.07, 6.45) is 0.840. The van der Waals surface area contributed by atoms with Crippen molar-refractivity contribution in [3.8, 4) is 0 Å². The monoisotopic (exact) mass is 380 g/mol. The Morgan fingerprint density at radius 1 is 1.10 bits per heavy atom. The Bertz CT molecular complexity index is 581. The maximum Gasteiger partial charge on any atom is 0.255 e. The Kier molecular flexibility index (Phi) is 5.55. The van der Waals surface area contributed by atoms with Gasteiger partial charge in [-0.05, 0) is 78.5 Å². The summed E-state index contributed by atoms with van der Waals surface area (Å²) in [6.45, 7) is 0.855. The smallest absolute Gasteiger partial charge is 0.255 e. The molecule has 0 fully saturated rings. The highest BCUT2D eigenvalue weighted by Gasteiger charge is 2.10. The van der Waals surface area contributed by atoms with Crippen molar-refractivity contribution in [2.75, 3.05) is 18.9 Å². The number of anilines is 1. The fourth-order valence-corrected chi connectivity index (χ4v) is 2.31. The lowest BCUT2D eigenvalue weighted by Crippen LogP contribution is -2.17. The molecule has 20 heavy (non-hydrogen) atoms. The first-order chi connectivity index (χ1) is 9.70. The van der Waals surface area contributed by atoms with Gasteiger partial charge in [0.2, 0.25) is 0 Å². The summed E-state index contributed by atoms with van der Waals surface area (Å²) in [5, 5.41) is 6.05. The molecule has 2 N–H and O–H groups in total. The number of hydrogen-bond donors (Lipinski definition) is 2. The topological polar surface area (TPSA) is 41.1 Å². The first kappa shape index (κ1) is 15.0. The van der Waals surface area contributed by atoms with Crippen LogP contribution in [0.4, 0.5) is 5.69 Å². The Labute approximate surface area is 132 Å². The zero-order valence-electron chi connectivity index (χ0n) is 11.3. The summed E-state index contributed by atoms with van der Waals surface area (Å²) in [5.41, 5.74) is 2.62. The van der Waals surface area contributed by atoms with Gasteiger partial charge in [0.25, 0.3) is 5.91 Å². The quantitative estimate of drug-likeness (QED) is 0.782. The fourth-order valence-electron chi connectivity index (χ4n) is 1.95. The summed E-state index contributed by atoms with van der Waals surface area (Å²) < 4.78 is 1.15. The Hall–Kier alpha value is -1.40. The molecule has 0 saturated heterocycles. The van der Waals surface area contributed by atoms with Gasteiger partial charge < -0.3 is 10.6 Å². The normalized spacial score (nSPS) is 10.3. The largest absolute Gasteiger partial charge is 0.322 e. The van der Waals surface area contributed by atoms with Gasteiger partial charge in [-0.25, -0.2) is 0 Å². The van der Waals surface area contributed by atoms with Crippen molar-refractivity contribution in [1.29, 1.82) is 0 Å². The predicted octanol–water partition coefficient (Wildman–Crippen LogP) is 3.31. The van der Waals surface area contributed by atoms with E-state index in [4.69, 9.17) is 0 Å². The maximum absolute atomic E-state index is 12.3. The summed E-state index contributed by atoms with van der Waals surface area (Å²) in [5.74, 6) is -0.0575. The van der Waals surface area contributed by atoms with E-state index < -0.39 is 0 Å². The van der Waals surface area contributed by atoms with E-state index in [1.807, 2.05) is 55.6 Å². The summed E-state index contributed by atoms with van der Waals surface area (Å²) in [4.78, 5) is 12.3. The highest BCUT2D eigenvalue weighted by molar-refractivity contribution is 14.1. The minimum Gasteiger partial charge on any atom is -0.322 e. The number of likely N-dealkylation sites (N-methyl/N-ethyl adjacent to an activating group) is 1. The summed E-state index contributed by atoms with van der Waals surface area (Å²) in [6, 6.07) is 15.5. The maximum atomic E-state index is 12.3. The predicted molar refractivity (Wildman–Crippen MR) is 91.2 cm³/mol. The van der Waals surface area contributed by atoms with Gasteiger partial charge in [-0.3, -0.25) is 4.79 Å². The van der Waals surface area contributed by atoms with Crippen LogP contribution in [0.3, 0.4) is 0 Å². The zero-order chi connectivity index (χ0) is 14.4. The molecule has 0 unspecified atom stereocenters. The second kappa shape index (κ2) is 7.40. The number of amides is 1. The van der Waals surface area contributed by atoms with Gasteiger partial charge in [-0.1, -0.05) is 18.2 Å². The number of carbonyl (C=O) groups excluding carboxylic acids is 1. The Morgan fingerprint density at radius 3 is 2.50 bits per heavy atom. The first-order valence-electron chi connectivity index (χ1n) is 6.50. The molecule has 2 aromatic rings. The minimum absolute atomic E-state index is 0.0575. The molecule has 0 spiro atoms. The lowest BCUT2D eigenvalue weighted by Gasteiger charge is -2.10. The molecule has 0 saturated carbocycles. The lowest BCUT2D eigenvalue weighted by atomic mass is 10.0. The molecule has 0 aliphatic rings. The van der Waals surface area contributed by atoms with Gasteiger partial charge >= 0.3 is 0 Å². The third-order valence-electron chi connectivity index (χ3n) is 3.01. The Morgan fingerprint density at radius 2 is 1.80 bits per heavy atom. The minimum atomic E-state index is -0.0575. The van der Waals surface area contributed by atoms with Crippen molar-refractivity contribution in [1.82, 2.24) is 5.32 Å². The molecule has 0 heterocycles. The number of nitrogens with one attached hydrogen (secondary N) is 2. The number of hydrogen-bond acceptors (Lipinski definition) is 2. The van der Waals surface area contributed by atoms with Crippen molar-refractivity contribution in [3.05, 3.63) is 63.2 Å². The molecule has 0 aromatic heterocycles. The lowest BCUT2D eigenvalue weighted by molar-refractivity contribution is 0.102. The Balaban J connectivity index is 2.14. The molecule has 2 aromatic carbocycles. The van der Waals surface area contributed by atoms with Crippen molar-refractivity contribution in [2.45, 2.75) is 6.42 Å². The highest BCUT2D eigenvalue weighted by atomic mass is 127. The number of benzene rings is 2. The number of carbonyl (C=O) groups is 1. The van der Waals surface area contributed by atoms with Crippen molar-refractivity contribution in [2.24, 2.45) is 0 Å². The van der Waals surface area contributed by atoms with Crippen LogP contribution in [0.15, 0.2) is 48.5 Å². The molecule has 4 heteroatoms. The van der Waals surface area contributed by atoms with E-state index in [0.717, 1.165) is 33.4 Å². The molecule has 2 rings (SSSR count). The molecular formula is C16H17IN2O. The van der Waals surface area contributed by atoms with Crippen LogP contribution in [0.25, 0.3) is 0 Å². The van der Waals surface area contributed by atoms with Gasteiger partial charge in [0, 0.05) is 14.8 Å². The standard InChI is InChI=1S/C16H17IN2O/c1-18-11-10-12-4-2-3-5-15(12)16(20)19-14-8-6-13(17)7-9-14/h2-9,18H,10-11H2,1H3,(H,19,20). The molecule has 3 nitrogen and oxygen atoms in total. The molecule has 0 radical (unpaired) electrons. The van der Waals surface area contributed by atoms with Crippen LogP contribution in [-0.4, -0.2) is 19.5 Å². The van der Waals surface area contributed by atoms with Gasteiger partial charge in [0.05, 0.1) is 0 Å². The van der Waals surface area contributed by atoms with E-state index in [9.17, 15) is 4.79 Å². The van der Waals surface area contributed by atoms with Crippen molar-refractivity contribution < 1.29 is 4.79 Å². The molecular weight excluding hydrogens is 363 g/mol. The number of rotatable bonds is 5. The zero-order valence-corrected chi connectivity index (χ0v) is 13.5. The summed E-state index contributed by atoms with van der Waals surface area (Å²) in [7, 11) is 1.91. The van der Waals surface area contributed by atoms with E-state index in [2.05, 4.69) is 33.2 Å². The third kappa shape index (κ3) is 4.05. The third-order valence-corrected chi connectivity index (χ3v) is 3.73. The molecule has 0 aliphatic heterocycles. The van der Waals surface area contributed by atoms with E-state index in [-0.39, 0.29) is 5.91 Å². The molecule has 0 bridgehead atoms. The van der Waals surface area contributed by atoms with Gasteiger partial charge in [-0.15, -0.1) is 0 Å². The van der Waals surface area contributed by atoms with Crippen molar-refractivity contribution >= 4 is 34.2 Å². The molecule has 1 amide bonds. The molecule has 104 valence electrons. The van der Waals surface area contributed by atoms with Crippen LogP contribution in [0.2, 0.25) is 0 Å². The summed E-state index contributed by atoms with van der Waals surface area (Å²) >= 11 is 2.24. The van der Waals surface area contributed by atoms with E-state index in [0.29, 0.717) is 0 Å². The first-order valence-corrected chi connectivity index (χ1v) is 7.58. The van der Waals surface area contributed by atoms with Gasteiger partial charge in [0.15, 0.2) is 0 Å². The highest BCUT2D eigenvalue weighted by Crippen LogP contribution is 2.15. The van der Waals surface area contributed by atoms with Crippen LogP contribution in [-0.2, 0) is 6.42 Å². The van der Waals surface area contributed by atoms with Gasteiger partial charge in [0.1, 0.15) is 0 Å². The van der Waals surface area contributed by atoms with E-state index in [1.165, 1.54) is 0 Å². The van der Waals surface area contributed by atoms with Crippen LogP contribution in [0.5, 0.6) is 0 Å². The average Bonchev–Trinajstić information content (AvgIpc) is 2.47. The van der Waals surface area contributed by atoms with Crippen molar-refractivity contribution in [3.63, 3.8) is 0 Å². The number of halogens is 1. The van der Waals surface area contributed by atoms with Crippen LogP contribution < -0.4 is 10.6 Å². The van der Waals surface area contributed by atoms with E-state index >= 15 is 0 Å². The molecule has 0 aliphatic carbocycles. The van der Waals surface area contributed by atoms with E-state index in [1.54, 1.807) is 0 Å². The van der Waals surface area contributed by atoms with Gasteiger partial charge in [-0.2, -0.15) is 0 Å². The second-order valence-electron chi connectivity index (χ2n) is 4.47. The average molecular weight is 380 g/mol. The van der Waals surface area contributed by atoms with Crippen LogP contribution in [0.1, 0.15) is 15.9 Å². The van der Waals surface area contributed by atoms with Crippen LogP contribution in [0, 0.1) is 3.57 Å².